The Kier molecular flexibility index (Phi) is 3.82. The van der Waals surface area contributed by atoms with E-state index in [1.807, 2.05) is 6.92 Å². The highest BCUT2D eigenvalue weighted by molar-refractivity contribution is 5.58. The van der Waals surface area contributed by atoms with Crippen molar-refractivity contribution in [1.29, 1.82) is 0 Å². The molecular formula is C13H14N4O2. The van der Waals surface area contributed by atoms with Crippen LogP contribution in [0.4, 0.5) is 5.69 Å². The molecule has 2 aromatic rings. The molecule has 6 nitrogen and oxygen atoms in total. The zero-order valence-electron chi connectivity index (χ0n) is 10.5. The van der Waals surface area contributed by atoms with Crippen molar-refractivity contribution in [3.05, 3.63) is 52.3 Å². The van der Waals surface area contributed by atoms with Crippen LogP contribution in [0.1, 0.15) is 12.6 Å². The predicted molar refractivity (Wildman–Crippen MR) is 71.5 cm³/mol. The summed E-state index contributed by atoms with van der Waals surface area (Å²) in [6.45, 7) is 1.90. The van der Waals surface area contributed by atoms with E-state index in [-0.39, 0.29) is 11.7 Å². The fourth-order valence-electron chi connectivity index (χ4n) is 1.74. The number of nitrogens with two attached hydrogens (primary N) is 1. The standard InChI is InChI=1S/C13H14N4O2/c1-9(14)7-11-5-6-15-13(16-11)10-3-2-4-12(8-10)17(18)19/h2-6,8-9H,7,14H2,1H3. The highest BCUT2D eigenvalue weighted by Gasteiger charge is 2.09. The lowest BCUT2D eigenvalue weighted by atomic mass is 10.1. The van der Waals surface area contributed by atoms with Crippen LogP contribution >= 0.6 is 0 Å². The number of nitrogens with zero attached hydrogens (tertiary/aromatic N) is 3. The normalized spacial score (nSPS) is 12.1. The van der Waals surface area contributed by atoms with E-state index < -0.39 is 4.92 Å². The maximum absolute atomic E-state index is 10.7. The van der Waals surface area contributed by atoms with Crippen molar-refractivity contribution in [2.45, 2.75) is 19.4 Å². The summed E-state index contributed by atoms with van der Waals surface area (Å²) in [5.74, 6) is 0.474. The van der Waals surface area contributed by atoms with Crippen LogP contribution in [0, 0.1) is 10.1 Å². The molecule has 1 unspecified atom stereocenters. The average Bonchev–Trinajstić information content (AvgIpc) is 2.38. The van der Waals surface area contributed by atoms with Crippen LogP contribution in [-0.4, -0.2) is 20.9 Å². The van der Waals surface area contributed by atoms with Gasteiger partial charge in [0.05, 0.1) is 4.92 Å². The van der Waals surface area contributed by atoms with Crippen molar-refractivity contribution in [2.24, 2.45) is 5.73 Å². The molecule has 0 fully saturated rings. The first kappa shape index (κ1) is 13.1. The molecular weight excluding hydrogens is 244 g/mol. The number of rotatable bonds is 4. The van der Waals surface area contributed by atoms with Gasteiger partial charge in [0.2, 0.25) is 0 Å². The van der Waals surface area contributed by atoms with Crippen LogP contribution in [0.2, 0.25) is 0 Å². The Morgan fingerprint density at radius 3 is 2.89 bits per heavy atom. The highest BCUT2D eigenvalue weighted by atomic mass is 16.6. The average molecular weight is 258 g/mol. The fraction of sp³-hybridized carbons (Fsp3) is 0.231. The van der Waals surface area contributed by atoms with E-state index in [1.165, 1.54) is 12.1 Å². The smallest absolute Gasteiger partial charge is 0.270 e. The Morgan fingerprint density at radius 2 is 2.21 bits per heavy atom. The molecule has 6 heteroatoms. The summed E-state index contributed by atoms with van der Waals surface area (Å²) in [4.78, 5) is 18.8. The summed E-state index contributed by atoms with van der Waals surface area (Å²) in [5, 5.41) is 10.7. The van der Waals surface area contributed by atoms with Gasteiger partial charge in [-0.05, 0) is 13.0 Å². The number of benzene rings is 1. The minimum absolute atomic E-state index is 0.00728. The molecule has 2 rings (SSSR count). The van der Waals surface area contributed by atoms with Gasteiger partial charge in [-0.1, -0.05) is 12.1 Å². The van der Waals surface area contributed by atoms with Gasteiger partial charge >= 0.3 is 0 Å². The Labute approximate surface area is 110 Å². The lowest BCUT2D eigenvalue weighted by Gasteiger charge is -2.06. The van der Waals surface area contributed by atoms with Gasteiger partial charge in [-0.2, -0.15) is 0 Å². The van der Waals surface area contributed by atoms with Crippen LogP contribution in [-0.2, 0) is 6.42 Å². The number of hydrogen-bond donors (Lipinski definition) is 1. The molecule has 0 bridgehead atoms. The van der Waals surface area contributed by atoms with Crippen LogP contribution in [0.5, 0.6) is 0 Å². The summed E-state index contributed by atoms with van der Waals surface area (Å²) in [6.07, 6.45) is 2.28. The molecule has 1 heterocycles. The van der Waals surface area contributed by atoms with Gasteiger partial charge in [-0.15, -0.1) is 0 Å². The molecule has 0 aliphatic rings. The Balaban J connectivity index is 2.36. The maximum Gasteiger partial charge on any atom is 0.270 e. The molecule has 0 amide bonds. The van der Waals surface area contributed by atoms with Gasteiger partial charge in [-0.25, -0.2) is 9.97 Å². The molecule has 0 aliphatic heterocycles. The Hall–Kier alpha value is -2.34. The summed E-state index contributed by atoms with van der Waals surface area (Å²) in [5.41, 5.74) is 7.21. The topological polar surface area (TPSA) is 94.9 Å². The Bertz CT molecular complexity index is 599. The number of aromatic nitrogens is 2. The van der Waals surface area contributed by atoms with Crippen molar-refractivity contribution >= 4 is 5.69 Å². The molecule has 0 radical (unpaired) electrons. The van der Waals surface area contributed by atoms with Gasteiger partial charge in [0.25, 0.3) is 5.69 Å². The molecule has 2 N–H and O–H groups in total. The van der Waals surface area contributed by atoms with E-state index in [2.05, 4.69) is 9.97 Å². The van der Waals surface area contributed by atoms with Crippen molar-refractivity contribution in [3.8, 4) is 11.4 Å². The molecule has 0 saturated heterocycles. The minimum Gasteiger partial charge on any atom is -0.328 e. The second-order valence-corrected chi connectivity index (χ2v) is 4.36. The van der Waals surface area contributed by atoms with Crippen LogP contribution in [0.15, 0.2) is 36.5 Å². The van der Waals surface area contributed by atoms with Crippen molar-refractivity contribution in [3.63, 3.8) is 0 Å². The van der Waals surface area contributed by atoms with E-state index in [1.54, 1.807) is 24.4 Å². The lowest BCUT2D eigenvalue weighted by Crippen LogP contribution is -2.18. The first-order valence-corrected chi connectivity index (χ1v) is 5.88. The second kappa shape index (κ2) is 5.53. The van der Waals surface area contributed by atoms with E-state index in [0.717, 1.165) is 5.69 Å². The fourth-order valence-corrected chi connectivity index (χ4v) is 1.74. The van der Waals surface area contributed by atoms with Gasteiger partial charge < -0.3 is 5.73 Å². The first-order valence-electron chi connectivity index (χ1n) is 5.88. The maximum atomic E-state index is 10.7. The molecule has 0 aliphatic carbocycles. The molecule has 98 valence electrons. The molecule has 0 saturated carbocycles. The van der Waals surface area contributed by atoms with Crippen LogP contribution in [0.3, 0.4) is 0 Å². The number of nitro groups is 1. The molecule has 1 atom stereocenters. The number of non-ortho nitro benzene ring substituents is 1. The largest absolute Gasteiger partial charge is 0.328 e. The molecule has 0 spiro atoms. The number of hydrogen-bond acceptors (Lipinski definition) is 5. The summed E-state index contributed by atoms with van der Waals surface area (Å²) in [7, 11) is 0. The van der Waals surface area contributed by atoms with Gasteiger partial charge in [0, 0.05) is 42.0 Å². The molecule has 1 aromatic heterocycles. The van der Waals surface area contributed by atoms with E-state index in [4.69, 9.17) is 5.73 Å². The minimum atomic E-state index is -0.435. The second-order valence-electron chi connectivity index (χ2n) is 4.36. The zero-order valence-corrected chi connectivity index (χ0v) is 10.5. The third-order valence-corrected chi connectivity index (χ3v) is 2.56. The zero-order chi connectivity index (χ0) is 13.8. The van der Waals surface area contributed by atoms with Gasteiger partial charge in [-0.3, -0.25) is 10.1 Å². The van der Waals surface area contributed by atoms with Crippen LogP contribution in [0.25, 0.3) is 11.4 Å². The third kappa shape index (κ3) is 3.32. The lowest BCUT2D eigenvalue weighted by molar-refractivity contribution is -0.384. The van der Waals surface area contributed by atoms with E-state index >= 15 is 0 Å². The predicted octanol–water partition coefficient (Wildman–Crippen LogP) is 1.94. The monoisotopic (exact) mass is 258 g/mol. The summed E-state index contributed by atoms with van der Waals surface area (Å²) >= 11 is 0. The first-order chi connectivity index (χ1) is 9.06. The quantitative estimate of drug-likeness (QED) is 0.668. The molecule has 1 aromatic carbocycles. The van der Waals surface area contributed by atoms with Gasteiger partial charge in [0.15, 0.2) is 5.82 Å². The summed E-state index contributed by atoms with van der Waals surface area (Å²) in [6, 6.07) is 8.07. The van der Waals surface area contributed by atoms with E-state index in [0.29, 0.717) is 17.8 Å². The SMILES string of the molecule is CC(N)Cc1ccnc(-c2cccc([N+](=O)[O-])c2)n1. The third-order valence-electron chi connectivity index (χ3n) is 2.56. The number of nitro benzene ring substituents is 1. The summed E-state index contributed by atoms with van der Waals surface area (Å²) < 4.78 is 0. The van der Waals surface area contributed by atoms with Crippen molar-refractivity contribution in [2.75, 3.05) is 0 Å². The van der Waals surface area contributed by atoms with Gasteiger partial charge in [0.1, 0.15) is 0 Å². The molecule has 19 heavy (non-hydrogen) atoms. The van der Waals surface area contributed by atoms with Crippen molar-refractivity contribution < 1.29 is 4.92 Å². The Morgan fingerprint density at radius 1 is 1.42 bits per heavy atom. The highest BCUT2D eigenvalue weighted by Crippen LogP contribution is 2.20. The van der Waals surface area contributed by atoms with Crippen LogP contribution < -0.4 is 5.73 Å². The van der Waals surface area contributed by atoms with E-state index in [9.17, 15) is 10.1 Å². The van der Waals surface area contributed by atoms with Crippen molar-refractivity contribution in [1.82, 2.24) is 9.97 Å².